The molecule has 1 aliphatic rings. The molecule has 0 aliphatic carbocycles. The van der Waals surface area contributed by atoms with Gasteiger partial charge in [-0.3, -0.25) is 14.9 Å². The molecule has 1 heterocycles. The number of nitrogens with two attached hydrogens (primary N) is 1. The normalized spacial score (nSPS) is 17.3. The van der Waals surface area contributed by atoms with Crippen LogP contribution in [0.1, 0.15) is 30.1 Å². The number of rotatable bonds is 4. The van der Waals surface area contributed by atoms with Crippen LogP contribution in [-0.4, -0.2) is 41.1 Å². The lowest BCUT2D eigenvalue weighted by molar-refractivity contribution is -0.385. The number of nitro groups is 1. The van der Waals surface area contributed by atoms with E-state index in [4.69, 9.17) is 5.73 Å². The number of likely N-dealkylation sites (tertiary alicyclic amines) is 1. The summed E-state index contributed by atoms with van der Waals surface area (Å²) < 4.78 is 0. The van der Waals surface area contributed by atoms with E-state index in [0.717, 1.165) is 17.7 Å². The average Bonchev–Trinajstić information content (AvgIpc) is 2.53. The highest BCUT2D eigenvalue weighted by molar-refractivity contribution is 7.98. The van der Waals surface area contributed by atoms with Crippen LogP contribution in [0.5, 0.6) is 0 Å². The summed E-state index contributed by atoms with van der Waals surface area (Å²) in [7, 11) is 0. The zero-order valence-electron chi connectivity index (χ0n) is 12.8. The number of thioether (sulfide) groups is 1. The highest BCUT2D eigenvalue weighted by atomic mass is 32.2. The van der Waals surface area contributed by atoms with Gasteiger partial charge >= 0.3 is 0 Å². The summed E-state index contributed by atoms with van der Waals surface area (Å²) in [5.74, 6) is 0.155. The van der Waals surface area contributed by atoms with Gasteiger partial charge in [0.05, 0.1) is 4.92 Å². The van der Waals surface area contributed by atoms with Crippen LogP contribution < -0.4 is 5.73 Å². The Morgan fingerprint density at radius 3 is 2.59 bits per heavy atom. The first kappa shape index (κ1) is 16.8. The number of nitro benzene ring substituents is 1. The maximum absolute atomic E-state index is 12.7. The van der Waals surface area contributed by atoms with Gasteiger partial charge < -0.3 is 10.6 Å². The van der Waals surface area contributed by atoms with Crippen LogP contribution in [0.4, 0.5) is 5.69 Å². The minimum absolute atomic E-state index is 0.117. The molecule has 1 aromatic rings. The van der Waals surface area contributed by atoms with Gasteiger partial charge in [0.1, 0.15) is 5.56 Å². The predicted molar refractivity (Wildman–Crippen MR) is 87.2 cm³/mol. The molecule has 7 heteroatoms. The van der Waals surface area contributed by atoms with E-state index >= 15 is 0 Å². The van der Waals surface area contributed by atoms with Crippen molar-refractivity contribution in [2.75, 3.05) is 19.3 Å². The van der Waals surface area contributed by atoms with Gasteiger partial charge in [0.2, 0.25) is 0 Å². The lowest BCUT2D eigenvalue weighted by Crippen LogP contribution is -2.42. The maximum Gasteiger partial charge on any atom is 0.282 e. The molecule has 22 heavy (non-hydrogen) atoms. The maximum atomic E-state index is 12.7. The minimum Gasteiger partial charge on any atom is -0.338 e. The molecule has 1 unspecified atom stereocenters. The van der Waals surface area contributed by atoms with Crippen molar-refractivity contribution in [2.45, 2.75) is 30.7 Å². The third kappa shape index (κ3) is 3.59. The third-order valence-corrected chi connectivity index (χ3v) is 4.93. The van der Waals surface area contributed by atoms with Crippen molar-refractivity contribution in [3.63, 3.8) is 0 Å². The molecule has 2 N–H and O–H groups in total. The highest BCUT2D eigenvalue weighted by Crippen LogP contribution is 2.28. The lowest BCUT2D eigenvalue weighted by Gasteiger charge is -2.33. The molecule has 0 aromatic heterocycles. The number of piperidine rings is 1. The fourth-order valence-electron chi connectivity index (χ4n) is 2.77. The van der Waals surface area contributed by atoms with Crippen LogP contribution in [0.3, 0.4) is 0 Å². The van der Waals surface area contributed by atoms with Crippen LogP contribution in [0, 0.1) is 16.0 Å². The molecule has 0 radical (unpaired) electrons. The Labute approximate surface area is 134 Å². The average molecular weight is 323 g/mol. The molecule has 0 bridgehead atoms. The van der Waals surface area contributed by atoms with E-state index in [1.807, 2.05) is 13.2 Å². The second-order valence-corrected chi connectivity index (χ2v) is 6.51. The van der Waals surface area contributed by atoms with E-state index in [9.17, 15) is 14.9 Å². The second-order valence-electron chi connectivity index (χ2n) is 5.63. The van der Waals surface area contributed by atoms with Crippen molar-refractivity contribution in [3.8, 4) is 0 Å². The van der Waals surface area contributed by atoms with Crippen LogP contribution >= 0.6 is 11.8 Å². The van der Waals surface area contributed by atoms with Crippen LogP contribution in [0.25, 0.3) is 0 Å². The predicted octanol–water partition coefficient (Wildman–Crippen LogP) is 2.52. The number of amides is 1. The third-order valence-electron chi connectivity index (χ3n) is 4.20. The fourth-order valence-corrected chi connectivity index (χ4v) is 3.21. The van der Waals surface area contributed by atoms with Crippen LogP contribution in [0.2, 0.25) is 0 Å². The van der Waals surface area contributed by atoms with Crippen molar-refractivity contribution in [1.29, 1.82) is 0 Å². The van der Waals surface area contributed by atoms with E-state index in [2.05, 4.69) is 0 Å². The van der Waals surface area contributed by atoms with Crippen molar-refractivity contribution in [1.82, 2.24) is 4.90 Å². The highest BCUT2D eigenvalue weighted by Gasteiger charge is 2.29. The molecule has 6 nitrogen and oxygen atoms in total. The Hall–Kier alpha value is -1.60. The molecular formula is C15H21N3O3S. The first-order chi connectivity index (χ1) is 10.4. The summed E-state index contributed by atoms with van der Waals surface area (Å²) in [5, 5.41) is 11.2. The van der Waals surface area contributed by atoms with Gasteiger partial charge in [-0.05, 0) is 44.1 Å². The molecule has 1 amide bonds. The van der Waals surface area contributed by atoms with Crippen molar-refractivity contribution in [2.24, 2.45) is 11.7 Å². The van der Waals surface area contributed by atoms with E-state index in [1.165, 1.54) is 17.8 Å². The lowest BCUT2D eigenvalue weighted by atomic mass is 9.90. The first-order valence-electron chi connectivity index (χ1n) is 7.31. The number of nitrogens with zero attached hydrogens (tertiary/aromatic N) is 2. The van der Waals surface area contributed by atoms with Crippen molar-refractivity contribution < 1.29 is 9.72 Å². The van der Waals surface area contributed by atoms with Gasteiger partial charge in [-0.15, -0.1) is 11.8 Å². The number of benzene rings is 1. The first-order valence-corrected chi connectivity index (χ1v) is 8.53. The molecule has 1 saturated heterocycles. The summed E-state index contributed by atoms with van der Waals surface area (Å²) >= 11 is 1.46. The number of hydrogen-bond acceptors (Lipinski definition) is 5. The standard InChI is InChI=1S/C15H21N3O3S/c1-10(16)11-5-7-17(8-6-11)15(19)13-9-12(22-2)3-4-14(13)18(20)21/h3-4,9-11H,5-8,16H2,1-2H3. The summed E-state index contributed by atoms with van der Waals surface area (Å²) in [5.41, 5.74) is 5.96. The summed E-state index contributed by atoms with van der Waals surface area (Å²) in [6, 6.07) is 4.81. The summed E-state index contributed by atoms with van der Waals surface area (Å²) in [6.07, 6.45) is 3.57. The Balaban J connectivity index is 2.20. The van der Waals surface area contributed by atoms with Gasteiger partial charge in [-0.25, -0.2) is 0 Å². The topological polar surface area (TPSA) is 89.5 Å². The van der Waals surface area contributed by atoms with E-state index in [1.54, 1.807) is 17.0 Å². The molecule has 1 aromatic carbocycles. The Bertz CT molecular complexity index is 569. The Morgan fingerprint density at radius 2 is 2.09 bits per heavy atom. The van der Waals surface area contributed by atoms with Gasteiger partial charge in [-0.2, -0.15) is 0 Å². The molecule has 120 valence electrons. The van der Waals surface area contributed by atoms with Crippen molar-refractivity contribution in [3.05, 3.63) is 33.9 Å². The van der Waals surface area contributed by atoms with Gasteiger partial charge in [-0.1, -0.05) is 0 Å². The van der Waals surface area contributed by atoms with Gasteiger partial charge in [0, 0.05) is 30.1 Å². The summed E-state index contributed by atoms with van der Waals surface area (Å²) in [6.45, 7) is 3.19. The SMILES string of the molecule is CSc1ccc([N+](=O)[O-])c(C(=O)N2CCC(C(C)N)CC2)c1. The monoisotopic (exact) mass is 323 g/mol. The number of carbonyl (C=O) groups is 1. The smallest absolute Gasteiger partial charge is 0.282 e. The zero-order valence-corrected chi connectivity index (χ0v) is 13.6. The van der Waals surface area contributed by atoms with E-state index in [-0.39, 0.29) is 23.2 Å². The van der Waals surface area contributed by atoms with Gasteiger partial charge in [0.25, 0.3) is 11.6 Å². The molecular weight excluding hydrogens is 302 g/mol. The Kier molecular flexibility index (Phi) is 5.42. The van der Waals surface area contributed by atoms with Gasteiger partial charge in [0.15, 0.2) is 0 Å². The molecule has 2 rings (SSSR count). The number of hydrogen-bond donors (Lipinski definition) is 1. The largest absolute Gasteiger partial charge is 0.338 e. The van der Waals surface area contributed by atoms with Crippen molar-refractivity contribution >= 4 is 23.4 Å². The molecule has 1 atom stereocenters. The van der Waals surface area contributed by atoms with E-state index < -0.39 is 4.92 Å². The fraction of sp³-hybridized carbons (Fsp3) is 0.533. The zero-order chi connectivity index (χ0) is 16.3. The molecule has 1 fully saturated rings. The minimum atomic E-state index is -0.494. The molecule has 0 spiro atoms. The molecule has 1 aliphatic heterocycles. The number of carbonyl (C=O) groups excluding carboxylic acids is 1. The van der Waals surface area contributed by atoms with Crippen LogP contribution in [-0.2, 0) is 0 Å². The Morgan fingerprint density at radius 1 is 1.45 bits per heavy atom. The second kappa shape index (κ2) is 7.11. The van der Waals surface area contributed by atoms with Crippen LogP contribution in [0.15, 0.2) is 23.1 Å². The molecule has 0 saturated carbocycles. The quantitative estimate of drug-likeness (QED) is 0.522. The summed E-state index contributed by atoms with van der Waals surface area (Å²) in [4.78, 5) is 25.9. The van der Waals surface area contributed by atoms with E-state index in [0.29, 0.717) is 19.0 Å².